The van der Waals surface area contributed by atoms with E-state index >= 15 is 0 Å². The van der Waals surface area contributed by atoms with Crippen LogP contribution in [0.3, 0.4) is 0 Å². The second kappa shape index (κ2) is 7.22. The molecule has 1 N–H and O–H groups in total. The predicted molar refractivity (Wildman–Crippen MR) is 68.4 cm³/mol. The lowest BCUT2D eigenvalue weighted by atomic mass is 10.2. The molecule has 0 aliphatic rings. The molecule has 0 aliphatic carbocycles. The fourth-order valence-corrected chi connectivity index (χ4v) is 1.22. The fourth-order valence-electron chi connectivity index (χ4n) is 1.22. The third kappa shape index (κ3) is 4.68. The van der Waals surface area contributed by atoms with Crippen LogP contribution in [0.5, 0.6) is 0 Å². The van der Waals surface area contributed by atoms with E-state index in [1.807, 2.05) is 0 Å². The third-order valence-electron chi connectivity index (χ3n) is 2.36. The molecule has 0 saturated heterocycles. The SMILES string of the molecule is CN(C)C(=O)CNC(=O)COC(=O)c1ccccc1F. The van der Waals surface area contributed by atoms with Gasteiger partial charge in [-0.15, -0.1) is 0 Å². The van der Waals surface area contributed by atoms with Crippen molar-refractivity contribution >= 4 is 17.8 Å². The maximum atomic E-state index is 13.3. The molecule has 0 aliphatic heterocycles. The van der Waals surface area contributed by atoms with Gasteiger partial charge in [0.2, 0.25) is 5.91 Å². The van der Waals surface area contributed by atoms with Gasteiger partial charge in [-0.25, -0.2) is 9.18 Å². The first kappa shape index (κ1) is 15.6. The van der Waals surface area contributed by atoms with Gasteiger partial charge in [0.1, 0.15) is 5.82 Å². The Balaban J connectivity index is 2.40. The normalized spacial score (nSPS) is 9.75. The second-order valence-electron chi connectivity index (χ2n) is 4.12. The maximum Gasteiger partial charge on any atom is 0.341 e. The van der Waals surface area contributed by atoms with Crippen molar-refractivity contribution in [2.24, 2.45) is 0 Å². The van der Waals surface area contributed by atoms with Crippen LogP contribution in [-0.2, 0) is 14.3 Å². The van der Waals surface area contributed by atoms with Gasteiger partial charge < -0.3 is 15.0 Å². The quantitative estimate of drug-likeness (QED) is 0.782. The smallest absolute Gasteiger partial charge is 0.341 e. The second-order valence-corrected chi connectivity index (χ2v) is 4.12. The Bertz CT molecular complexity index is 517. The molecule has 0 aromatic heterocycles. The number of nitrogens with one attached hydrogen (secondary N) is 1. The Morgan fingerprint density at radius 1 is 1.25 bits per heavy atom. The van der Waals surface area contributed by atoms with Crippen LogP contribution in [0, 0.1) is 5.82 Å². The minimum atomic E-state index is -0.933. The number of rotatable bonds is 5. The molecule has 1 rings (SSSR count). The molecule has 0 heterocycles. The summed E-state index contributed by atoms with van der Waals surface area (Å²) in [6.07, 6.45) is 0. The zero-order valence-electron chi connectivity index (χ0n) is 11.2. The van der Waals surface area contributed by atoms with E-state index in [9.17, 15) is 18.8 Å². The number of benzene rings is 1. The van der Waals surface area contributed by atoms with E-state index in [0.717, 1.165) is 6.07 Å². The molecule has 0 unspecified atom stereocenters. The zero-order chi connectivity index (χ0) is 15.1. The van der Waals surface area contributed by atoms with Gasteiger partial charge >= 0.3 is 5.97 Å². The molecule has 0 atom stereocenters. The van der Waals surface area contributed by atoms with E-state index in [0.29, 0.717) is 0 Å². The number of likely N-dealkylation sites (N-methyl/N-ethyl adjacent to an activating group) is 1. The third-order valence-corrected chi connectivity index (χ3v) is 2.36. The van der Waals surface area contributed by atoms with Crippen molar-refractivity contribution in [3.05, 3.63) is 35.6 Å². The fraction of sp³-hybridized carbons (Fsp3) is 0.308. The Kier molecular flexibility index (Phi) is 5.64. The summed E-state index contributed by atoms with van der Waals surface area (Å²) in [5.41, 5.74) is -0.246. The van der Waals surface area contributed by atoms with Crippen LogP contribution in [0.1, 0.15) is 10.4 Å². The molecule has 0 saturated carbocycles. The molecule has 20 heavy (non-hydrogen) atoms. The van der Waals surface area contributed by atoms with Gasteiger partial charge in [-0.2, -0.15) is 0 Å². The monoisotopic (exact) mass is 282 g/mol. The first-order valence-corrected chi connectivity index (χ1v) is 5.80. The van der Waals surface area contributed by atoms with Gasteiger partial charge in [0.15, 0.2) is 6.61 Å². The summed E-state index contributed by atoms with van der Waals surface area (Å²) in [4.78, 5) is 35.4. The summed E-state index contributed by atoms with van der Waals surface area (Å²) in [5.74, 6) is -2.58. The summed E-state index contributed by atoms with van der Waals surface area (Å²) < 4.78 is 17.9. The first-order chi connectivity index (χ1) is 9.41. The number of carbonyl (C=O) groups is 3. The molecule has 108 valence electrons. The average Bonchev–Trinajstić information content (AvgIpc) is 2.42. The standard InChI is InChI=1S/C13H15FN2O4/c1-16(2)12(18)7-15-11(17)8-20-13(19)9-5-3-4-6-10(9)14/h3-6H,7-8H2,1-2H3,(H,15,17). The van der Waals surface area contributed by atoms with Crippen LogP contribution in [0.15, 0.2) is 24.3 Å². The van der Waals surface area contributed by atoms with Crippen LogP contribution in [0.4, 0.5) is 4.39 Å². The molecular weight excluding hydrogens is 267 g/mol. The van der Waals surface area contributed by atoms with E-state index < -0.39 is 24.3 Å². The Morgan fingerprint density at radius 2 is 1.90 bits per heavy atom. The predicted octanol–water partition coefficient (Wildman–Crippen LogP) is 0.187. The summed E-state index contributed by atoms with van der Waals surface area (Å²) in [7, 11) is 3.10. The molecule has 7 heteroatoms. The highest BCUT2D eigenvalue weighted by Gasteiger charge is 2.14. The molecule has 1 aromatic carbocycles. The van der Waals surface area contributed by atoms with Crippen LogP contribution >= 0.6 is 0 Å². The average molecular weight is 282 g/mol. The molecular formula is C13H15FN2O4. The van der Waals surface area contributed by atoms with Crippen LogP contribution in [0.2, 0.25) is 0 Å². The highest BCUT2D eigenvalue weighted by atomic mass is 19.1. The van der Waals surface area contributed by atoms with E-state index in [2.05, 4.69) is 10.1 Å². The topological polar surface area (TPSA) is 75.7 Å². The number of esters is 1. The van der Waals surface area contributed by atoms with Crippen molar-refractivity contribution in [2.75, 3.05) is 27.2 Å². The number of halogens is 1. The lowest BCUT2D eigenvalue weighted by Crippen LogP contribution is -2.38. The number of hydrogen-bond donors (Lipinski definition) is 1. The minimum absolute atomic E-state index is 0.191. The molecule has 0 fully saturated rings. The van der Waals surface area contributed by atoms with Crippen molar-refractivity contribution in [3.63, 3.8) is 0 Å². The van der Waals surface area contributed by atoms with E-state index in [4.69, 9.17) is 0 Å². The molecule has 1 aromatic rings. The number of nitrogens with zero attached hydrogens (tertiary/aromatic N) is 1. The van der Waals surface area contributed by atoms with Crippen LogP contribution in [0.25, 0.3) is 0 Å². The van der Waals surface area contributed by atoms with E-state index in [1.54, 1.807) is 14.1 Å². The first-order valence-electron chi connectivity index (χ1n) is 5.80. The summed E-state index contributed by atoms with van der Waals surface area (Å²) >= 11 is 0. The van der Waals surface area contributed by atoms with Gasteiger partial charge in [0.25, 0.3) is 5.91 Å². The Labute approximate surface area is 115 Å². The largest absolute Gasteiger partial charge is 0.452 e. The number of ether oxygens (including phenoxy) is 1. The molecule has 6 nitrogen and oxygen atoms in total. The van der Waals surface area contributed by atoms with Crippen molar-refractivity contribution in [2.45, 2.75) is 0 Å². The zero-order valence-corrected chi connectivity index (χ0v) is 11.2. The van der Waals surface area contributed by atoms with Gasteiger partial charge in [0, 0.05) is 14.1 Å². The molecule has 0 spiro atoms. The van der Waals surface area contributed by atoms with Crippen molar-refractivity contribution in [3.8, 4) is 0 Å². The van der Waals surface area contributed by atoms with Crippen LogP contribution < -0.4 is 5.32 Å². The number of carbonyl (C=O) groups excluding carboxylic acids is 3. The Morgan fingerprint density at radius 3 is 2.50 bits per heavy atom. The van der Waals surface area contributed by atoms with E-state index in [1.165, 1.54) is 23.1 Å². The summed E-state index contributed by atoms with van der Waals surface area (Å²) in [6.45, 7) is -0.767. The van der Waals surface area contributed by atoms with Gasteiger partial charge in [0.05, 0.1) is 12.1 Å². The van der Waals surface area contributed by atoms with Gasteiger partial charge in [-0.3, -0.25) is 9.59 Å². The van der Waals surface area contributed by atoms with Gasteiger partial charge in [-0.05, 0) is 12.1 Å². The highest BCUT2D eigenvalue weighted by molar-refractivity contribution is 5.92. The number of hydrogen-bond acceptors (Lipinski definition) is 4. The molecule has 2 amide bonds. The lowest BCUT2D eigenvalue weighted by molar-refractivity contribution is -0.131. The van der Waals surface area contributed by atoms with Crippen molar-refractivity contribution in [1.29, 1.82) is 0 Å². The van der Waals surface area contributed by atoms with Crippen LogP contribution in [-0.4, -0.2) is 49.9 Å². The van der Waals surface area contributed by atoms with Gasteiger partial charge in [-0.1, -0.05) is 12.1 Å². The molecule has 0 radical (unpaired) electrons. The minimum Gasteiger partial charge on any atom is -0.452 e. The summed E-state index contributed by atoms with van der Waals surface area (Å²) in [5, 5.41) is 2.28. The van der Waals surface area contributed by atoms with E-state index in [-0.39, 0.29) is 18.0 Å². The molecule has 0 bridgehead atoms. The Hall–Kier alpha value is -2.44. The number of amides is 2. The maximum absolute atomic E-state index is 13.3. The van der Waals surface area contributed by atoms with Crippen molar-refractivity contribution in [1.82, 2.24) is 10.2 Å². The summed E-state index contributed by atoms with van der Waals surface area (Å²) in [6, 6.07) is 5.29. The lowest BCUT2D eigenvalue weighted by Gasteiger charge is -2.11. The van der Waals surface area contributed by atoms with Crippen molar-refractivity contribution < 1.29 is 23.5 Å². The highest BCUT2D eigenvalue weighted by Crippen LogP contribution is 2.07.